The molecule has 4 nitrogen and oxygen atoms in total. The van der Waals surface area contributed by atoms with Gasteiger partial charge >= 0.3 is 0 Å². The Kier molecular flexibility index (Phi) is 2.83. The van der Waals surface area contributed by atoms with Crippen LogP contribution in [0.25, 0.3) is 16.0 Å². The highest BCUT2D eigenvalue weighted by atomic mass is 32.1. The molecule has 18 heavy (non-hydrogen) atoms. The van der Waals surface area contributed by atoms with Crippen molar-refractivity contribution in [2.24, 2.45) is 0 Å². The van der Waals surface area contributed by atoms with E-state index in [1.165, 1.54) is 5.69 Å². The zero-order valence-corrected chi connectivity index (χ0v) is 11.2. The number of thiophene rings is 1. The van der Waals surface area contributed by atoms with Gasteiger partial charge in [-0.3, -0.25) is 0 Å². The molecule has 0 saturated carbocycles. The van der Waals surface area contributed by atoms with Crippen molar-refractivity contribution in [3.63, 3.8) is 0 Å². The van der Waals surface area contributed by atoms with Gasteiger partial charge in [-0.1, -0.05) is 13.8 Å². The van der Waals surface area contributed by atoms with Gasteiger partial charge in [0.2, 0.25) is 0 Å². The molecule has 0 aliphatic heterocycles. The van der Waals surface area contributed by atoms with E-state index in [0.29, 0.717) is 0 Å². The summed E-state index contributed by atoms with van der Waals surface area (Å²) in [6, 6.07) is 4.17. The number of hydrogen-bond acceptors (Lipinski definition) is 4. The SMILES string of the molecule is CCc1cc(CC)n(-c2ncnc3ccsc23)n1. The average Bonchev–Trinajstić information content (AvgIpc) is 3.04. The molecule has 3 heterocycles. The topological polar surface area (TPSA) is 43.6 Å². The third kappa shape index (κ3) is 1.71. The smallest absolute Gasteiger partial charge is 0.174 e. The molecular weight excluding hydrogens is 244 g/mol. The van der Waals surface area contributed by atoms with Gasteiger partial charge in [0, 0.05) is 5.69 Å². The number of hydrogen-bond donors (Lipinski definition) is 0. The first-order valence-electron chi connectivity index (χ1n) is 6.09. The fourth-order valence-electron chi connectivity index (χ4n) is 2.01. The van der Waals surface area contributed by atoms with Crippen molar-refractivity contribution in [2.75, 3.05) is 0 Å². The molecule has 3 aromatic heterocycles. The van der Waals surface area contributed by atoms with E-state index in [2.05, 4.69) is 35.0 Å². The maximum atomic E-state index is 4.63. The van der Waals surface area contributed by atoms with Gasteiger partial charge in [0.25, 0.3) is 0 Å². The summed E-state index contributed by atoms with van der Waals surface area (Å²) in [5.41, 5.74) is 3.29. The lowest BCUT2D eigenvalue weighted by atomic mass is 10.2. The van der Waals surface area contributed by atoms with E-state index in [1.807, 2.05) is 16.1 Å². The Bertz CT molecular complexity index is 683. The number of fused-ring (bicyclic) bond motifs is 1. The Labute approximate surface area is 109 Å². The average molecular weight is 258 g/mol. The molecule has 0 saturated heterocycles. The Morgan fingerprint density at radius 3 is 2.89 bits per heavy atom. The lowest BCUT2D eigenvalue weighted by Gasteiger charge is -2.05. The minimum Gasteiger partial charge on any atom is -0.235 e. The molecule has 0 aromatic carbocycles. The standard InChI is InChI=1S/C13H14N4S/c1-3-9-7-10(4-2)17(16-9)13-12-11(5-6-18-12)14-8-15-13/h5-8H,3-4H2,1-2H3. The molecule has 92 valence electrons. The van der Waals surface area contributed by atoms with Crippen LogP contribution in [0.15, 0.2) is 23.8 Å². The second-order valence-electron chi connectivity index (χ2n) is 4.08. The van der Waals surface area contributed by atoms with E-state index in [1.54, 1.807) is 17.7 Å². The van der Waals surface area contributed by atoms with Crippen molar-refractivity contribution < 1.29 is 0 Å². The predicted octanol–water partition coefficient (Wildman–Crippen LogP) is 3.00. The molecule has 5 heteroatoms. The van der Waals surface area contributed by atoms with Gasteiger partial charge in [-0.25, -0.2) is 14.6 Å². The first kappa shape index (κ1) is 11.3. The maximum absolute atomic E-state index is 4.63. The number of aryl methyl sites for hydroxylation is 2. The Morgan fingerprint density at radius 1 is 1.22 bits per heavy atom. The summed E-state index contributed by atoms with van der Waals surface area (Å²) in [4.78, 5) is 8.67. The van der Waals surface area contributed by atoms with Crippen molar-refractivity contribution in [1.29, 1.82) is 0 Å². The first-order chi connectivity index (χ1) is 8.83. The fraction of sp³-hybridized carbons (Fsp3) is 0.308. The summed E-state index contributed by atoms with van der Waals surface area (Å²) in [5.74, 6) is 0.895. The summed E-state index contributed by atoms with van der Waals surface area (Å²) in [7, 11) is 0. The van der Waals surface area contributed by atoms with E-state index >= 15 is 0 Å². The molecule has 3 rings (SSSR count). The van der Waals surface area contributed by atoms with E-state index in [0.717, 1.165) is 34.6 Å². The predicted molar refractivity (Wildman–Crippen MR) is 73.3 cm³/mol. The number of rotatable bonds is 3. The van der Waals surface area contributed by atoms with Crippen LogP contribution in [0, 0.1) is 0 Å². The van der Waals surface area contributed by atoms with Gasteiger partial charge < -0.3 is 0 Å². The van der Waals surface area contributed by atoms with Gasteiger partial charge in [0.15, 0.2) is 5.82 Å². The normalized spacial score (nSPS) is 11.2. The van der Waals surface area contributed by atoms with Gasteiger partial charge in [0.05, 0.1) is 15.9 Å². The fourth-order valence-corrected chi connectivity index (χ4v) is 2.83. The molecule has 0 radical (unpaired) electrons. The van der Waals surface area contributed by atoms with Crippen LogP contribution in [0.3, 0.4) is 0 Å². The van der Waals surface area contributed by atoms with Crippen LogP contribution >= 0.6 is 11.3 Å². The van der Waals surface area contributed by atoms with Gasteiger partial charge in [0.1, 0.15) is 6.33 Å². The molecule has 3 aromatic rings. The van der Waals surface area contributed by atoms with Crippen LogP contribution in [0.5, 0.6) is 0 Å². The quantitative estimate of drug-likeness (QED) is 0.725. The van der Waals surface area contributed by atoms with Gasteiger partial charge in [-0.15, -0.1) is 11.3 Å². The van der Waals surface area contributed by atoms with E-state index in [9.17, 15) is 0 Å². The molecule has 0 N–H and O–H groups in total. The Morgan fingerprint density at radius 2 is 2.11 bits per heavy atom. The molecule has 0 amide bonds. The van der Waals surface area contributed by atoms with Crippen molar-refractivity contribution in [1.82, 2.24) is 19.7 Å². The lowest BCUT2D eigenvalue weighted by Crippen LogP contribution is -2.04. The summed E-state index contributed by atoms with van der Waals surface area (Å²) in [6.07, 6.45) is 3.50. The molecule has 0 bridgehead atoms. The molecule has 0 atom stereocenters. The van der Waals surface area contributed by atoms with E-state index < -0.39 is 0 Å². The Balaban J connectivity index is 2.25. The van der Waals surface area contributed by atoms with Crippen molar-refractivity contribution in [3.8, 4) is 5.82 Å². The molecule has 0 aliphatic rings. The second kappa shape index (κ2) is 4.49. The molecule has 0 unspecified atom stereocenters. The van der Waals surface area contributed by atoms with E-state index in [-0.39, 0.29) is 0 Å². The second-order valence-corrected chi connectivity index (χ2v) is 4.99. The largest absolute Gasteiger partial charge is 0.235 e. The highest BCUT2D eigenvalue weighted by Gasteiger charge is 2.12. The first-order valence-corrected chi connectivity index (χ1v) is 6.97. The highest BCUT2D eigenvalue weighted by Crippen LogP contribution is 2.25. The van der Waals surface area contributed by atoms with Crippen LogP contribution in [0.2, 0.25) is 0 Å². The monoisotopic (exact) mass is 258 g/mol. The van der Waals surface area contributed by atoms with Crippen LogP contribution in [0.4, 0.5) is 0 Å². The van der Waals surface area contributed by atoms with Crippen molar-refractivity contribution in [3.05, 3.63) is 35.2 Å². The van der Waals surface area contributed by atoms with Gasteiger partial charge in [-0.2, -0.15) is 5.10 Å². The zero-order chi connectivity index (χ0) is 12.5. The Hall–Kier alpha value is -1.75. The van der Waals surface area contributed by atoms with Crippen molar-refractivity contribution >= 4 is 21.6 Å². The van der Waals surface area contributed by atoms with Crippen LogP contribution in [0.1, 0.15) is 25.2 Å². The third-order valence-corrected chi connectivity index (χ3v) is 3.88. The van der Waals surface area contributed by atoms with E-state index in [4.69, 9.17) is 0 Å². The minimum absolute atomic E-state index is 0.895. The summed E-state index contributed by atoms with van der Waals surface area (Å²) in [5, 5.41) is 6.67. The summed E-state index contributed by atoms with van der Waals surface area (Å²) < 4.78 is 3.05. The third-order valence-electron chi connectivity index (χ3n) is 2.98. The van der Waals surface area contributed by atoms with Gasteiger partial charge in [-0.05, 0) is 30.4 Å². The highest BCUT2D eigenvalue weighted by molar-refractivity contribution is 7.17. The summed E-state index contributed by atoms with van der Waals surface area (Å²) >= 11 is 1.66. The van der Waals surface area contributed by atoms with Crippen LogP contribution in [-0.4, -0.2) is 19.7 Å². The lowest BCUT2D eigenvalue weighted by molar-refractivity contribution is 0.777. The van der Waals surface area contributed by atoms with Crippen molar-refractivity contribution in [2.45, 2.75) is 26.7 Å². The minimum atomic E-state index is 0.895. The molecular formula is C13H14N4S. The maximum Gasteiger partial charge on any atom is 0.174 e. The number of aromatic nitrogens is 4. The molecule has 0 fully saturated rings. The zero-order valence-electron chi connectivity index (χ0n) is 10.4. The molecule has 0 aliphatic carbocycles. The van der Waals surface area contributed by atoms with Crippen LogP contribution < -0.4 is 0 Å². The van der Waals surface area contributed by atoms with Crippen LogP contribution in [-0.2, 0) is 12.8 Å². The summed E-state index contributed by atoms with van der Waals surface area (Å²) in [6.45, 7) is 4.26. The number of nitrogens with zero attached hydrogens (tertiary/aromatic N) is 4. The molecule has 0 spiro atoms.